The summed E-state index contributed by atoms with van der Waals surface area (Å²) in [6.45, 7) is 10.0. The van der Waals surface area contributed by atoms with Gasteiger partial charge in [0.05, 0.1) is 5.71 Å². The highest BCUT2D eigenvalue weighted by Crippen LogP contribution is 2.66. The number of oxime groups is 1. The first-order chi connectivity index (χ1) is 12.9. The van der Waals surface area contributed by atoms with Crippen molar-refractivity contribution < 1.29 is 9.63 Å². The van der Waals surface area contributed by atoms with Crippen LogP contribution in [0.4, 0.5) is 0 Å². The molecule has 0 bridgehead atoms. The molecule has 0 aliphatic heterocycles. The van der Waals surface area contributed by atoms with Crippen LogP contribution in [0.2, 0.25) is 0 Å². The van der Waals surface area contributed by atoms with Crippen LogP contribution in [0.5, 0.6) is 0 Å². The molecular weight excluding hydrogens is 372 g/mol. The fourth-order valence-corrected chi connectivity index (χ4v) is 7.51. The first-order valence-corrected chi connectivity index (χ1v) is 11.0. The Kier molecular flexibility index (Phi) is 6.32. The second kappa shape index (κ2) is 8.10. The van der Waals surface area contributed by atoms with Crippen molar-refractivity contribution in [1.29, 1.82) is 0 Å². The molecule has 2 unspecified atom stereocenters. The molecule has 0 aromatic carbocycles. The van der Waals surface area contributed by atoms with Gasteiger partial charge in [0, 0.05) is 18.4 Å². The van der Waals surface area contributed by atoms with Gasteiger partial charge in [-0.3, -0.25) is 4.79 Å². The number of ketones is 1. The van der Waals surface area contributed by atoms with Crippen molar-refractivity contribution in [1.82, 2.24) is 0 Å². The number of hydrogen-bond donors (Lipinski definition) is 1. The van der Waals surface area contributed by atoms with Crippen LogP contribution in [-0.4, -0.2) is 24.6 Å². The van der Waals surface area contributed by atoms with Crippen LogP contribution >= 0.6 is 12.4 Å². The number of nitrogens with two attached hydrogens (primary N) is 1. The molecule has 0 saturated heterocycles. The summed E-state index contributed by atoms with van der Waals surface area (Å²) in [4.78, 5) is 18.0. The predicted octanol–water partition coefficient (Wildman–Crippen LogP) is 4.76. The summed E-state index contributed by atoms with van der Waals surface area (Å²) < 4.78 is 0. The summed E-state index contributed by atoms with van der Waals surface area (Å²) >= 11 is 0. The van der Waals surface area contributed by atoms with Gasteiger partial charge in [-0.1, -0.05) is 25.1 Å². The average Bonchev–Trinajstić information content (AvgIpc) is 2.96. The number of carbonyl (C=O) groups is 1. The van der Waals surface area contributed by atoms with Crippen LogP contribution in [0.25, 0.3) is 0 Å². The monoisotopic (exact) mass is 408 g/mol. The highest BCUT2D eigenvalue weighted by molar-refractivity contribution is 5.87. The van der Waals surface area contributed by atoms with E-state index in [1.54, 1.807) is 0 Å². The van der Waals surface area contributed by atoms with Gasteiger partial charge >= 0.3 is 0 Å². The number of fused-ring (bicyclic) bond motifs is 5. The van der Waals surface area contributed by atoms with E-state index in [9.17, 15) is 4.79 Å². The zero-order valence-corrected chi connectivity index (χ0v) is 18.3. The van der Waals surface area contributed by atoms with E-state index in [4.69, 9.17) is 10.6 Å². The van der Waals surface area contributed by atoms with Crippen LogP contribution < -0.4 is 5.73 Å². The third kappa shape index (κ3) is 3.25. The summed E-state index contributed by atoms with van der Waals surface area (Å²) in [6, 6.07) is 0. The van der Waals surface area contributed by atoms with Crippen LogP contribution in [-0.2, 0) is 9.63 Å². The number of allylic oxidation sites excluding steroid dienone is 1. The van der Waals surface area contributed by atoms with Crippen LogP contribution in [0.3, 0.4) is 0 Å². The molecule has 5 heteroatoms. The van der Waals surface area contributed by atoms with Gasteiger partial charge in [-0.25, -0.2) is 0 Å². The fraction of sp³-hybridized carbons (Fsp3) is 0.826. The Labute approximate surface area is 176 Å². The van der Waals surface area contributed by atoms with Gasteiger partial charge in [-0.05, 0) is 80.0 Å². The van der Waals surface area contributed by atoms with Crippen molar-refractivity contribution in [3.63, 3.8) is 0 Å². The summed E-state index contributed by atoms with van der Waals surface area (Å²) in [5.74, 6) is 3.68. The Morgan fingerprint density at radius 2 is 2.00 bits per heavy atom. The van der Waals surface area contributed by atoms with E-state index in [2.05, 4.69) is 31.7 Å². The Bertz CT molecular complexity index is 651. The molecule has 0 spiro atoms. The van der Waals surface area contributed by atoms with Crippen LogP contribution in [0.1, 0.15) is 65.2 Å². The average molecular weight is 409 g/mol. The molecule has 0 heterocycles. The zero-order chi connectivity index (χ0) is 19.2. The predicted molar refractivity (Wildman–Crippen MR) is 115 cm³/mol. The third-order valence-corrected chi connectivity index (χ3v) is 9.01. The number of rotatable bonds is 4. The van der Waals surface area contributed by atoms with E-state index in [1.165, 1.54) is 25.0 Å². The molecule has 2 N–H and O–H groups in total. The molecule has 28 heavy (non-hydrogen) atoms. The second-order valence-electron chi connectivity index (χ2n) is 10.0. The minimum atomic E-state index is -0.0482. The zero-order valence-electron chi connectivity index (χ0n) is 17.5. The van der Waals surface area contributed by atoms with Gasteiger partial charge in [-0.2, -0.15) is 0 Å². The summed E-state index contributed by atoms with van der Waals surface area (Å²) in [7, 11) is 0. The van der Waals surface area contributed by atoms with Crippen LogP contribution in [0.15, 0.2) is 17.8 Å². The topological polar surface area (TPSA) is 64.7 Å². The van der Waals surface area contributed by atoms with Gasteiger partial charge in [0.1, 0.15) is 12.4 Å². The molecule has 0 radical (unpaired) electrons. The number of nitrogens with zero attached hydrogens (tertiary/aromatic N) is 1. The van der Waals surface area contributed by atoms with Crippen molar-refractivity contribution in [2.45, 2.75) is 65.2 Å². The van der Waals surface area contributed by atoms with Gasteiger partial charge < -0.3 is 10.6 Å². The van der Waals surface area contributed by atoms with E-state index >= 15 is 0 Å². The smallest absolute Gasteiger partial charge is 0.139 e. The van der Waals surface area contributed by atoms with Crippen molar-refractivity contribution in [2.24, 2.45) is 51.3 Å². The molecule has 0 aromatic rings. The van der Waals surface area contributed by atoms with E-state index in [0.29, 0.717) is 48.0 Å². The lowest BCUT2D eigenvalue weighted by Gasteiger charge is -2.61. The maximum atomic E-state index is 12.6. The molecule has 4 aliphatic carbocycles. The Morgan fingerprint density at radius 3 is 2.71 bits per heavy atom. The highest BCUT2D eigenvalue weighted by atomic mass is 35.5. The number of carbonyl (C=O) groups excluding carboxylic acids is 1. The third-order valence-electron chi connectivity index (χ3n) is 9.01. The van der Waals surface area contributed by atoms with Gasteiger partial charge in [0.25, 0.3) is 0 Å². The van der Waals surface area contributed by atoms with E-state index in [-0.39, 0.29) is 17.8 Å². The molecule has 7 atom stereocenters. The lowest BCUT2D eigenvalue weighted by molar-refractivity contribution is -0.140. The Hall–Kier alpha value is -0.870. The first-order valence-electron chi connectivity index (χ1n) is 11.0. The van der Waals surface area contributed by atoms with Crippen molar-refractivity contribution >= 4 is 23.9 Å². The molecule has 0 amide bonds. The first kappa shape index (κ1) is 21.8. The fourth-order valence-electron chi connectivity index (χ4n) is 7.51. The van der Waals surface area contributed by atoms with Crippen LogP contribution in [0, 0.1) is 40.4 Å². The molecule has 4 rings (SSSR count). The molecular formula is C23H37ClN2O2. The Balaban J connectivity index is 0.00000225. The number of Topliss-reactive ketones (excluding diaryl/α,β-unsaturated/α-hetero) is 1. The molecule has 158 valence electrons. The standard InChI is InChI=1S/C23H36N2O2.ClH/c1-4-15-13-17-18-5-6-21(26)23(18,3)10-8-19(17)22(2)9-7-16(14-20(15)22)25-27-12-11-24;/h4,15,17-20H,1,5-14,24H2,2-3H3;1H/t15?,17-,18-,19-,20?,22+,23-;/m0./s1. The van der Waals surface area contributed by atoms with Gasteiger partial charge in [0.15, 0.2) is 0 Å². The number of hydrogen-bond acceptors (Lipinski definition) is 4. The highest BCUT2D eigenvalue weighted by Gasteiger charge is 2.61. The van der Waals surface area contributed by atoms with Gasteiger partial charge in [0.2, 0.25) is 0 Å². The van der Waals surface area contributed by atoms with Crippen molar-refractivity contribution in [2.75, 3.05) is 13.2 Å². The molecule has 4 fully saturated rings. The summed E-state index contributed by atoms with van der Waals surface area (Å²) in [5.41, 5.74) is 7.01. The summed E-state index contributed by atoms with van der Waals surface area (Å²) in [5, 5.41) is 4.40. The largest absolute Gasteiger partial charge is 0.395 e. The maximum absolute atomic E-state index is 12.6. The van der Waals surface area contributed by atoms with Crippen molar-refractivity contribution in [3.8, 4) is 0 Å². The normalized spacial score (nSPS) is 46.2. The molecule has 0 aromatic heterocycles. The Morgan fingerprint density at radius 1 is 1.21 bits per heavy atom. The minimum Gasteiger partial charge on any atom is -0.395 e. The summed E-state index contributed by atoms with van der Waals surface area (Å²) in [6.07, 6.45) is 10.9. The molecule has 4 saturated carbocycles. The quantitative estimate of drug-likeness (QED) is 0.414. The second-order valence-corrected chi connectivity index (χ2v) is 10.0. The lowest BCUT2D eigenvalue weighted by Crippen LogP contribution is -2.56. The van der Waals surface area contributed by atoms with Gasteiger partial charge in [-0.15, -0.1) is 19.0 Å². The number of halogens is 1. The maximum Gasteiger partial charge on any atom is 0.139 e. The SMILES string of the molecule is C=CC1C[C@@H]2[C@H](CC[C@]3(C)C(=O)CC[C@@H]23)[C@@]2(C)CCC(=NOCCN)CC12.Cl. The minimum absolute atomic E-state index is 0. The lowest BCUT2D eigenvalue weighted by atomic mass is 9.43. The van der Waals surface area contributed by atoms with Crippen molar-refractivity contribution in [3.05, 3.63) is 12.7 Å². The van der Waals surface area contributed by atoms with E-state index < -0.39 is 0 Å². The van der Waals surface area contributed by atoms with E-state index in [0.717, 1.165) is 38.0 Å². The van der Waals surface area contributed by atoms with E-state index in [1.807, 2.05) is 0 Å². The molecule has 4 nitrogen and oxygen atoms in total. The molecule has 4 aliphatic rings.